The van der Waals surface area contributed by atoms with Crippen LogP contribution in [0.15, 0.2) is 18.2 Å². The molecule has 1 amide bonds. The smallest absolute Gasteiger partial charge is 0.248 e. The van der Waals surface area contributed by atoms with Crippen molar-refractivity contribution in [3.63, 3.8) is 0 Å². The van der Waals surface area contributed by atoms with Crippen LogP contribution in [0.25, 0.3) is 0 Å². The number of nitrogens with two attached hydrogens (primary N) is 1. The van der Waals surface area contributed by atoms with Crippen molar-refractivity contribution in [3.8, 4) is 5.75 Å². The summed E-state index contributed by atoms with van der Waals surface area (Å²) < 4.78 is 5.56. The van der Waals surface area contributed by atoms with Gasteiger partial charge in [-0.05, 0) is 32.0 Å². The fourth-order valence-electron chi connectivity index (χ4n) is 1.24. The summed E-state index contributed by atoms with van der Waals surface area (Å²) in [5.41, 5.74) is 6.41. The minimum Gasteiger partial charge on any atom is -0.489 e. The summed E-state index contributed by atoms with van der Waals surface area (Å²) >= 11 is 0. The van der Waals surface area contributed by atoms with E-state index in [-0.39, 0.29) is 6.10 Å². The van der Waals surface area contributed by atoms with Crippen LogP contribution >= 0.6 is 0 Å². The van der Waals surface area contributed by atoms with Gasteiger partial charge in [0.25, 0.3) is 0 Å². The van der Waals surface area contributed by atoms with E-state index in [1.807, 2.05) is 13.8 Å². The van der Waals surface area contributed by atoms with E-state index in [1.165, 1.54) is 0 Å². The van der Waals surface area contributed by atoms with Gasteiger partial charge in [-0.25, -0.2) is 0 Å². The Morgan fingerprint density at radius 3 is 2.60 bits per heavy atom. The maximum Gasteiger partial charge on any atom is 0.248 e. The van der Waals surface area contributed by atoms with Crippen LogP contribution in [0, 0.1) is 0 Å². The maximum absolute atomic E-state index is 11.0. The van der Waals surface area contributed by atoms with Gasteiger partial charge in [0, 0.05) is 12.6 Å². The van der Waals surface area contributed by atoms with Gasteiger partial charge < -0.3 is 15.8 Å². The third-order valence-corrected chi connectivity index (χ3v) is 1.90. The van der Waals surface area contributed by atoms with Crippen LogP contribution in [-0.2, 0) is 0 Å². The first-order chi connectivity index (χ1) is 7.04. The number of hydrogen-bond acceptors (Lipinski definition) is 3. The molecule has 4 heteroatoms. The SMILES string of the molecule is CNc1cc(C(N)=O)ccc1OC(C)C. The highest BCUT2D eigenvalue weighted by molar-refractivity contribution is 5.94. The van der Waals surface area contributed by atoms with E-state index in [0.717, 1.165) is 11.4 Å². The van der Waals surface area contributed by atoms with Gasteiger partial charge in [0.05, 0.1) is 11.8 Å². The molecule has 1 aromatic rings. The number of carbonyl (C=O) groups excluding carboxylic acids is 1. The van der Waals surface area contributed by atoms with Gasteiger partial charge in [0.1, 0.15) is 5.75 Å². The Morgan fingerprint density at radius 2 is 2.13 bits per heavy atom. The van der Waals surface area contributed by atoms with E-state index < -0.39 is 5.91 Å². The molecule has 0 aromatic heterocycles. The van der Waals surface area contributed by atoms with Crippen molar-refractivity contribution in [1.29, 1.82) is 0 Å². The van der Waals surface area contributed by atoms with Crippen molar-refractivity contribution in [2.75, 3.05) is 12.4 Å². The molecule has 0 unspecified atom stereocenters. The Bertz CT molecular complexity index is 362. The van der Waals surface area contributed by atoms with E-state index >= 15 is 0 Å². The lowest BCUT2D eigenvalue weighted by molar-refractivity contribution is 0.100. The summed E-state index contributed by atoms with van der Waals surface area (Å²) in [6.45, 7) is 3.89. The number of primary amides is 1. The van der Waals surface area contributed by atoms with Crippen molar-refractivity contribution in [3.05, 3.63) is 23.8 Å². The minimum absolute atomic E-state index is 0.0940. The second-order valence-corrected chi connectivity index (χ2v) is 3.49. The lowest BCUT2D eigenvalue weighted by atomic mass is 10.1. The Hall–Kier alpha value is -1.71. The largest absolute Gasteiger partial charge is 0.489 e. The maximum atomic E-state index is 11.0. The van der Waals surface area contributed by atoms with E-state index in [9.17, 15) is 4.79 Å². The zero-order chi connectivity index (χ0) is 11.4. The summed E-state index contributed by atoms with van der Waals surface area (Å²) in [7, 11) is 1.77. The van der Waals surface area contributed by atoms with Gasteiger partial charge in [-0.1, -0.05) is 0 Å². The molecule has 0 heterocycles. The molecule has 82 valence electrons. The molecule has 15 heavy (non-hydrogen) atoms. The Morgan fingerprint density at radius 1 is 1.47 bits per heavy atom. The van der Waals surface area contributed by atoms with Crippen LogP contribution in [0.5, 0.6) is 5.75 Å². The average Bonchev–Trinajstić information content (AvgIpc) is 2.17. The van der Waals surface area contributed by atoms with Gasteiger partial charge in [-0.2, -0.15) is 0 Å². The van der Waals surface area contributed by atoms with Crippen LogP contribution in [0.3, 0.4) is 0 Å². The number of anilines is 1. The number of nitrogens with one attached hydrogen (secondary N) is 1. The first-order valence-corrected chi connectivity index (χ1v) is 4.83. The number of ether oxygens (including phenoxy) is 1. The molecule has 0 radical (unpaired) electrons. The Kier molecular flexibility index (Phi) is 3.55. The van der Waals surface area contributed by atoms with Crippen LogP contribution in [0.2, 0.25) is 0 Å². The molecule has 0 aliphatic heterocycles. The molecule has 0 bridgehead atoms. The number of amides is 1. The van der Waals surface area contributed by atoms with Crippen molar-refractivity contribution in [2.24, 2.45) is 5.73 Å². The fourth-order valence-corrected chi connectivity index (χ4v) is 1.24. The molecule has 0 aliphatic rings. The molecule has 0 saturated heterocycles. The molecule has 3 N–H and O–H groups in total. The molecule has 4 nitrogen and oxygen atoms in total. The molecule has 1 rings (SSSR count). The third-order valence-electron chi connectivity index (χ3n) is 1.90. The number of benzene rings is 1. The molecule has 0 fully saturated rings. The molecule has 0 atom stereocenters. The summed E-state index contributed by atoms with van der Waals surface area (Å²) in [6, 6.07) is 5.08. The third kappa shape index (κ3) is 2.87. The standard InChI is InChI=1S/C11H16N2O2/c1-7(2)15-10-5-4-8(11(12)14)6-9(10)13-3/h4-7,13H,1-3H3,(H2,12,14). The molecule has 0 aliphatic carbocycles. The molecule has 0 saturated carbocycles. The summed E-state index contributed by atoms with van der Waals surface area (Å²) in [4.78, 5) is 11.0. The summed E-state index contributed by atoms with van der Waals surface area (Å²) in [5.74, 6) is 0.278. The van der Waals surface area contributed by atoms with Gasteiger partial charge >= 0.3 is 0 Å². The number of hydrogen-bond donors (Lipinski definition) is 2. The van der Waals surface area contributed by atoms with Crippen molar-refractivity contribution in [2.45, 2.75) is 20.0 Å². The summed E-state index contributed by atoms with van der Waals surface area (Å²) in [5, 5.41) is 2.96. The number of carbonyl (C=O) groups is 1. The van der Waals surface area contributed by atoms with E-state index in [1.54, 1.807) is 25.2 Å². The van der Waals surface area contributed by atoms with Crippen LogP contribution in [0.1, 0.15) is 24.2 Å². The normalized spacial score (nSPS) is 10.1. The van der Waals surface area contributed by atoms with Gasteiger partial charge in [0.2, 0.25) is 5.91 Å². The molecular formula is C11H16N2O2. The van der Waals surface area contributed by atoms with E-state index in [0.29, 0.717) is 5.56 Å². The summed E-state index contributed by atoms with van der Waals surface area (Å²) in [6.07, 6.45) is 0.0940. The van der Waals surface area contributed by atoms with E-state index in [2.05, 4.69) is 5.32 Å². The minimum atomic E-state index is -0.442. The zero-order valence-electron chi connectivity index (χ0n) is 9.20. The topological polar surface area (TPSA) is 64.3 Å². The average molecular weight is 208 g/mol. The monoisotopic (exact) mass is 208 g/mol. The predicted molar refractivity (Wildman–Crippen MR) is 60.3 cm³/mol. The predicted octanol–water partition coefficient (Wildman–Crippen LogP) is 1.61. The lowest BCUT2D eigenvalue weighted by Crippen LogP contribution is -2.12. The fraction of sp³-hybridized carbons (Fsp3) is 0.364. The van der Waals surface area contributed by atoms with Crippen LogP contribution in [0.4, 0.5) is 5.69 Å². The van der Waals surface area contributed by atoms with Crippen molar-refractivity contribution in [1.82, 2.24) is 0 Å². The first-order valence-electron chi connectivity index (χ1n) is 4.83. The number of rotatable bonds is 4. The lowest BCUT2D eigenvalue weighted by Gasteiger charge is -2.14. The Balaban J connectivity index is 3.03. The highest BCUT2D eigenvalue weighted by Gasteiger charge is 2.08. The Labute approximate surface area is 89.4 Å². The molecule has 0 spiro atoms. The van der Waals surface area contributed by atoms with Crippen molar-refractivity contribution < 1.29 is 9.53 Å². The molecule has 1 aromatic carbocycles. The second kappa shape index (κ2) is 4.68. The van der Waals surface area contributed by atoms with Crippen molar-refractivity contribution >= 4 is 11.6 Å². The van der Waals surface area contributed by atoms with E-state index in [4.69, 9.17) is 10.5 Å². The van der Waals surface area contributed by atoms with Gasteiger partial charge in [-0.15, -0.1) is 0 Å². The van der Waals surface area contributed by atoms with Gasteiger partial charge in [0.15, 0.2) is 0 Å². The van der Waals surface area contributed by atoms with Crippen LogP contribution in [-0.4, -0.2) is 19.1 Å². The first kappa shape index (κ1) is 11.4. The highest BCUT2D eigenvalue weighted by atomic mass is 16.5. The second-order valence-electron chi connectivity index (χ2n) is 3.49. The molecular weight excluding hydrogens is 192 g/mol. The zero-order valence-corrected chi connectivity index (χ0v) is 9.20. The van der Waals surface area contributed by atoms with Gasteiger partial charge in [-0.3, -0.25) is 4.79 Å². The highest BCUT2D eigenvalue weighted by Crippen LogP contribution is 2.26. The quantitative estimate of drug-likeness (QED) is 0.790. The van der Waals surface area contributed by atoms with Crippen LogP contribution < -0.4 is 15.8 Å².